The standard InChI is InChI=1S/C20H27NO8S/c1-5-28-18(24)15-13(11-30(26,27)12-9-7-6-8-10-12)14(15)16(17(22)23)21-19(25)29-20(2,3)4/h6-10,13-16H,5,11H2,1-4H3,(H,21,25)(H,22,23). The van der Waals surface area contributed by atoms with E-state index in [1.54, 1.807) is 45.9 Å². The van der Waals surface area contributed by atoms with Crippen LogP contribution in [0.25, 0.3) is 0 Å². The first-order valence-corrected chi connectivity index (χ1v) is 11.2. The van der Waals surface area contributed by atoms with E-state index in [0.717, 1.165) is 0 Å². The van der Waals surface area contributed by atoms with Crippen LogP contribution < -0.4 is 5.32 Å². The number of nitrogens with one attached hydrogen (secondary N) is 1. The summed E-state index contributed by atoms with van der Waals surface area (Å²) in [6, 6.07) is 6.18. The van der Waals surface area contributed by atoms with Gasteiger partial charge in [0.1, 0.15) is 11.6 Å². The van der Waals surface area contributed by atoms with E-state index in [2.05, 4.69) is 5.32 Å². The summed E-state index contributed by atoms with van der Waals surface area (Å²) < 4.78 is 35.6. The molecule has 0 heterocycles. The maximum Gasteiger partial charge on any atom is 0.408 e. The molecule has 0 aromatic heterocycles. The predicted molar refractivity (Wildman–Crippen MR) is 106 cm³/mol. The number of esters is 1. The lowest BCUT2D eigenvalue weighted by molar-refractivity contribution is -0.145. The summed E-state index contributed by atoms with van der Waals surface area (Å²) in [4.78, 5) is 36.3. The van der Waals surface area contributed by atoms with E-state index in [4.69, 9.17) is 9.47 Å². The van der Waals surface area contributed by atoms with Crippen molar-refractivity contribution in [2.24, 2.45) is 17.8 Å². The maximum absolute atomic E-state index is 12.7. The average Bonchev–Trinajstić information content (AvgIpc) is 3.31. The summed E-state index contributed by atoms with van der Waals surface area (Å²) in [7, 11) is -3.77. The van der Waals surface area contributed by atoms with Gasteiger partial charge < -0.3 is 19.9 Å². The van der Waals surface area contributed by atoms with Crippen molar-refractivity contribution in [1.29, 1.82) is 0 Å². The largest absolute Gasteiger partial charge is 0.480 e. The van der Waals surface area contributed by atoms with Gasteiger partial charge in [-0.1, -0.05) is 18.2 Å². The lowest BCUT2D eigenvalue weighted by Gasteiger charge is -2.22. The average molecular weight is 442 g/mol. The highest BCUT2D eigenvalue weighted by Gasteiger charge is 2.62. The molecule has 30 heavy (non-hydrogen) atoms. The summed E-state index contributed by atoms with van der Waals surface area (Å²) in [6.07, 6.45) is -0.964. The van der Waals surface area contributed by atoms with Gasteiger partial charge in [0, 0.05) is 5.92 Å². The van der Waals surface area contributed by atoms with Gasteiger partial charge in [0.15, 0.2) is 9.84 Å². The number of alkyl carbamates (subject to hydrolysis) is 1. The fourth-order valence-electron chi connectivity index (χ4n) is 3.37. The van der Waals surface area contributed by atoms with Crippen LogP contribution in [0.1, 0.15) is 27.7 Å². The second-order valence-electron chi connectivity index (χ2n) is 8.08. The van der Waals surface area contributed by atoms with Gasteiger partial charge in [0.05, 0.1) is 23.2 Å². The van der Waals surface area contributed by atoms with Gasteiger partial charge in [-0.3, -0.25) is 4.79 Å². The SMILES string of the molecule is CCOC(=O)C1C(CS(=O)(=O)c2ccccc2)C1C(NC(=O)OC(C)(C)C)C(=O)O. The molecule has 0 radical (unpaired) electrons. The smallest absolute Gasteiger partial charge is 0.408 e. The number of aliphatic carboxylic acids is 1. The molecular formula is C20H27NO8S. The van der Waals surface area contributed by atoms with Crippen molar-refractivity contribution < 1.29 is 37.4 Å². The molecule has 9 nitrogen and oxygen atoms in total. The molecule has 1 aromatic carbocycles. The van der Waals surface area contributed by atoms with Crippen molar-refractivity contribution in [2.75, 3.05) is 12.4 Å². The van der Waals surface area contributed by atoms with E-state index in [-0.39, 0.29) is 11.5 Å². The molecule has 1 aliphatic rings. The molecule has 1 saturated carbocycles. The number of carboxylic acid groups (broad SMARTS) is 1. The fraction of sp³-hybridized carbons (Fsp3) is 0.550. The summed E-state index contributed by atoms with van der Waals surface area (Å²) in [5, 5.41) is 11.9. The Morgan fingerprint density at radius 3 is 2.27 bits per heavy atom. The second kappa shape index (κ2) is 9.03. The molecule has 166 valence electrons. The van der Waals surface area contributed by atoms with E-state index < -0.39 is 63.0 Å². The number of carboxylic acids is 1. The number of benzene rings is 1. The third kappa shape index (κ3) is 5.94. The van der Waals surface area contributed by atoms with E-state index in [0.29, 0.717) is 0 Å². The number of carbonyl (C=O) groups excluding carboxylic acids is 2. The van der Waals surface area contributed by atoms with Crippen LogP contribution in [0.2, 0.25) is 0 Å². The third-order valence-corrected chi connectivity index (χ3v) is 6.44. The lowest BCUT2D eigenvalue weighted by atomic mass is 10.1. The molecule has 10 heteroatoms. The predicted octanol–water partition coefficient (Wildman–Crippen LogP) is 1.86. The molecule has 0 aliphatic heterocycles. The van der Waals surface area contributed by atoms with Crippen molar-refractivity contribution in [2.45, 2.75) is 44.2 Å². The van der Waals surface area contributed by atoms with E-state index in [1.807, 2.05) is 0 Å². The van der Waals surface area contributed by atoms with Crippen LogP contribution in [0.3, 0.4) is 0 Å². The van der Waals surface area contributed by atoms with Crippen molar-refractivity contribution in [1.82, 2.24) is 5.32 Å². The quantitative estimate of drug-likeness (QED) is 0.584. The van der Waals surface area contributed by atoms with Gasteiger partial charge in [0.2, 0.25) is 0 Å². The zero-order valence-electron chi connectivity index (χ0n) is 17.3. The Bertz CT molecular complexity index is 891. The van der Waals surface area contributed by atoms with Crippen LogP contribution in [0.4, 0.5) is 4.79 Å². The summed E-state index contributed by atoms with van der Waals surface area (Å²) in [6.45, 7) is 6.53. The Hall–Kier alpha value is -2.62. The minimum absolute atomic E-state index is 0.0669. The van der Waals surface area contributed by atoms with Crippen molar-refractivity contribution in [3.05, 3.63) is 30.3 Å². The van der Waals surface area contributed by atoms with Crippen molar-refractivity contribution in [3.8, 4) is 0 Å². The van der Waals surface area contributed by atoms with Crippen LogP contribution in [-0.4, -0.2) is 55.6 Å². The maximum atomic E-state index is 12.7. The second-order valence-corrected chi connectivity index (χ2v) is 10.1. The highest BCUT2D eigenvalue weighted by Crippen LogP contribution is 2.51. The molecular weight excluding hydrogens is 414 g/mol. The number of ether oxygens (including phenoxy) is 2. The number of carbonyl (C=O) groups is 3. The highest BCUT2D eigenvalue weighted by molar-refractivity contribution is 7.91. The molecule has 4 unspecified atom stereocenters. The molecule has 2 N–H and O–H groups in total. The zero-order chi connectivity index (χ0) is 22.7. The first-order chi connectivity index (χ1) is 13.9. The van der Waals surface area contributed by atoms with Crippen LogP contribution in [0.5, 0.6) is 0 Å². The first-order valence-electron chi connectivity index (χ1n) is 9.54. The topological polar surface area (TPSA) is 136 Å². The number of hydrogen-bond donors (Lipinski definition) is 2. The summed E-state index contributed by atoms with van der Waals surface area (Å²) >= 11 is 0. The van der Waals surface area contributed by atoms with Gasteiger partial charge in [0.25, 0.3) is 0 Å². The van der Waals surface area contributed by atoms with Crippen molar-refractivity contribution in [3.63, 3.8) is 0 Å². The van der Waals surface area contributed by atoms with Crippen LogP contribution >= 0.6 is 0 Å². The Balaban J connectivity index is 2.25. The molecule has 2 rings (SSSR count). The monoisotopic (exact) mass is 441 g/mol. The Kier molecular flexibility index (Phi) is 7.12. The zero-order valence-corrected chi connectivity index (χ0v) is 18.1. The molecule has 1 amide bonds. The minimum atomic E-state index is -3.77. The summed E-state index contributed by atoms with van der Waals surface area (Å²) in [5.41, 5.74) is -0.854. The van der Waals surface area contributed by atoms with E-state index >= 15 is 0 Å². The van der Waals surface area contributed by atoms with Gasteiger partial charge in [-0.15, -0.1) is 0 Å². The Morgan fingerprint density at radius 2 is 1.77 bits per heavy atom. The number of rotatable bonds is 8. The number of sulfone groups is 1. The highest BCUT2D eigenvalue weighted by atomic mass is 32.2. The van der Waals surface area contributed by atoms with Crippen molar-refractivity contribution >= 4 is 27.9 Å². The van der Waals surface area contributed by atoms with Gasteiger partial charge in [-0.2, -0.15) is 0 Å². The fourth-order valence-corrected chi connectivity index (χ4v) is 5.08. The Morgan fingerprint density at radius 1 is 1.17 bits per heavy atom. The van der Waals surface area contributed by atoms with Gasteiger partial charge in [-0.05, 0) is 45.7 Å². The molecule has 0 bridgehead atoms. The number of hydrogen-bond acceptors (Lipinski definition) is 7. The lowest BCUT2D eigenvalue weighted by Crippen LogP contribution is -2.45. The van der Waals surface area contributed by atoms with Crippen LogP contribution in [0.15, 0.2) is 35.2 Å². The summed E-state index contributed by atoms with van der Waals surface area (Å²) in [5.74, 6) is -5.23. The third-order valence-electron chi connectivity index (χ3n) is 4.63. The molecule has 1 aliphatic carbocycles. The van der Waals surface area contributed by atoms with Gasteiger partial charge in [-0.25, -0.2) is 18.0 Å². The molecule has 1 aromatic rings. The molecule has 4 atom stereocenters. The normalized spacial score (nSPS) is 21.9. The molecule has 0 saturated heterocycles. The number of amides is 1. The minimum Gasteiger partial charge on any atom is -0.480 e. The first kappa shape index (κ1) is 23.7. The van der Waals surface area contributed by atoms with E-state index in [9.17, 15) is 27.9 Å². The molecule has 1 fully saturated rings. The van der Waals surface area contributed by atoms with Crippen LogP contribution in [0, 0.1) is 17.8 Å². The Labute approximate surface area is 175 Å². The van der Waals surface area contributed by atoms with Crippen LogP contribution in [-0.2, 0) is 28.9 Å². The van der Waals surface area contributed by atoms with Gasteiger partial charge >= 0.3 is 18.0 Å². The van der Waals surface area contributed by atoms with E-state index in [1.165, 1.54) is 12.1 Å². The molecule has 0 spiro atoms.